The minimum Gasteiger partial charge on any atom is -0.497 e. The lowest BCUT2D eigenvalue weighted by Gasteiger charge is -2.31. The molecule has 1 N–H and O–H groups in total. The fraction of sp³-hybridized carbons (Fsp3) is 0.375. The van der Waals surface area contributed by atoms with E-state index in [-0.39, 0.29) is 11.9 Å². The number of benzene rings is 2. The molecular weight excluding hydrogens is 456 g/mol. The maximum Gasteiger partial charge on any atom is 0.321 e. The van der Waals surface area contributed by atoms with Crippen LogP contribution in [0, 0.1) is 0 Å². The average molecular weight is 485 g/mol. The summed E-state index contributed by atoms with van der Waals surface area (Å²) in [6.07, 6.45) is 1.86. The van der Waals surface area contributed by atoms with Crippen molar-refractivity contribution in [2.75, 3.05) is 46.8 Å². The van der Waals surface area contributed by atoms with Crippen molar-refractivity contribution in [3.05, 3.63) is 41.4 Å². The summed E-state index contributed by atoms with van der Waals surface area (Å²) in [5.74, 6) is 2.38. The van der Waals surface area contributed by atoms with Gasteiger partial charge in [-0.2, -0.15) is 0 Å². The van der Waals surface area contributed by atoms with Gasteiger partial charge in [-0.25, -0.2) is 4.79 Å². The highest BCUT2D eigenvalue weighted by Gasteiger charge is 2.28. The first kappa shape index (κ1) is 23.6. The first-order valence-electron chi connectivity index (χ1n) is 10.9. The maximum atomic E-state index is 13.0. The number of urea groups is 1. The normalized spacial score (nSPS) is 15.5. The Morgan fingerprint density at radius 3 is 2.32 bits per heavy atom. The van der Waals surface area contributed by atoms with Crippen LogP contribution >= 0.6 is 11.3 Å². The molecule has 9 nitrogen and oxygen atoms in total. The van der Waals surface area contributed by atoms with Gasteiger partial charge in [0.2, 0.25) is 5.75 Å². The monoisotopic (exact) mass is 484 g/mol. The summed E-state index contributed by atoms with van der Waals surface area (Å²) in [6.45, 7) is 1.25. The SMILES string of the molecule is COc1ccc(-c2nnc(C3CCCN(C(=O)Nc4cc(OC)c(OC)c(OC)c4)C3)s2)cc1. The highest BCUT2D eigenvalue weighted by Crippen LogP contribution is 2.40. The molecular formula is C24H28N4O5S. The van der Waals surface area contributed by atoms with E-state index in [0.29, 0.717) is 36.0 Å². The molecule has 1 atom stereocenters. The molecule has 180 valence electrons. The third kappa shape index (κ3) is 5.01. The smallest absolute Gasteiger partial charge is 0.321 e. The van der Waals surface area contributed by atoms with E-state index >= 15 is 0 Å². The molecule has 0 bridgehead atoms. The summed E-state index contributed by atoms with van der Waals surface area (Å²) < 4.78 is 21.3. The number of rotatable bonds is 7. The molecule has 4 rings (SSSR count). The standard InChI is InChI=1S/C24H28N4O5S/c1-30-18-9-7-15(8-10-18)22-26-27-23(34-22)16-6-5-11-28(14-16)24(29)25-17-12-19(31-2)21(33-4)20(13-17)32-3/h7-10,12-13,16H,5-6,11,14H2,1-4H3,(H,25,29). The zero-order valence-corrected chi connectivity index (χ0v) is 20.5. The Balaban J connectivity index is 1.45. The van der Waals surface area contributed by atoms with Gasteiger partial charge in [-0.15, -0.1) is 10.2 Å². The summed E-state index contributed by atoms with van der Waals surface area (Å²) in [6, 6.07) is 11.0. The Labute approximate surface area is 202 Å². The number of methoxy groups -OCH3 is 4. The number of ether oxygens (including phenoxy) is 4. The number of nitrogens with one attached hydrogen (secondary N) is 1. The molecule has 1 fully saturated rings. The van der Waals surface area contributed by atoms with Crippen LogP contribution in [0.15, 0.2) is 36.4 Å². The topological polar surface area (TPSA) is 95.0 Å². The molecule has 2 amide bonds. The van der Waals surface area contributed by atoms with Gasteiger partial charge in [0.25, 0.3) is 0 Å². The van der Waals surface area contributed by atoms with Crippen LogP contribution in [-0.4, -0.2) is 62.7 Å². The molecule has 1 unspecified atom stereocenters. The minimum absolute atomic E-state index is 0.143. The van der Waals surface area contributed by atoms with E-state index in [2.05, 4.69) is 15.5 Å². The van der Waals surface area contributed by atoms with Crippen LogP contribution in [0.4, 0.5) is 10.5 Å². The summed E-state index contributed by atoms with van der Waals surface area (Å²) in [4.78, 5) is 14.9. The molecule has 0 saturated carbocycles. The van der Waals surface area contributed by atoms with Crippen LogP contribution in [0.5, 0.6) is 23.0 Å². The summed E-state index contributed by atoms with van der Waals surface area (Å²) in [7, 11) is 6.27. The Bertz CT molecular complexity index is 1110. The molecule has 1 aromatic heterocycles. The molecule has 1 saturated heterocycles. The van der Waals surface area contributed by atoms with E-state index in [1.807, 2.05) is 29.2 Å². The highest BCUT2D eigenvalue weighted by atomic mass is 32.1. The predicted molar refractivity (Wildman–Crippen MR) is 131 cm³/mol. The van der Waals surface area contributed by atoms with Crippen molar-refractivity contribution >= 4 is 23.1 Å². The quantitative estimate of drug-likeness (QED) is 0.521. The number of amides is 2. The van der Waals surface area contributed by atoms with Crippen molar-refractivity contribution in [1.29, 1.82) is 0 Å². The lowest BCUT2D eigenvalue weighted by molar-refractivity contribution is 0.192. The number of aromatic nitrogens is 2. The molecule has 2 heterocycles. The van der Waals surface area contributed by atoms with E-state index in [1.54, 1.807) is 51.9 Å². The molecule has 1 aliphatic rings. The molecule has 10 heteroatoms. The van der Waals surface area contributed by atoms with E-state index in [1.165, 1.54) is 0 Å². The zero-order valence-electron chi connectivity index (χ0n) is 19.7. The molecule has 3 aromatic rings. The van der Waals surface area contributed by atoms with Crippen molar-refractivity contribution in [2.45, 2.75) is 18.8 Å². The van der Waals surface area contributed by atoms with Crippen LogP contribution in [0.2, 0.25) is 0 Å². The van der Waals surface area contributed by atoms with E-state index in [9.17, 15) is 4.79 Å². The average Bonchev–Trinajstić information content (AvgIpc) is 3.38. The fourth-order valence-electron chi connectivity index (χ4n) is 3.97. The lowest BCUT2D eigenvalue weighted by Crippen LogP contribution is -2.41. The van der Waals surface area contributed by atoms with Gasteiger partial charge in [0.15, 0.2) is 11.5 Å². The van der Waals surface area contributed by atoms with E-state index in [4.69, 9.17) is 18.9 Å². The van der Waals surface area contributed by atoms with Crippen molar-refractivity contribution < 1.29 is 23.7 Å². The Morgan fingerprint density at radius 2 is 1.71 bits per heavy atom. The van der Waals surface area contributed by atoms with Gasteiger partial charge in [-0.05, 0) is 37.1 Å². The van der Waals surface area contributed by atoms with Crippen molar-refractivity contribution in [3.63, 3.8) is 0 Å². The third-order valence-corrected chi connectivity index (χ3v) is 6.89. The second-order valence-electron chi connectivity index (χ2n) is 7.80. The van der Waals surface area contributed by atoms with E-state index in [0.717, 1.165) is 34.2 Å². The van der Waals surface area contributed by atoms with E-state index < -0.39 is 0 Å². The van der Waals surface area contributed by atoms with Crippen molar-refractivity contribution in [2.24, 2.45) is 0 Å². The van der Waals surface area contributed by atoms with Gasteiger partial charge >= 0.3 is 6.03 Å². The number of anilines is 1. The first-order chi connectivity index (χ1) is 16.6. The Kier molecular flexibility index (Phi) is 7.36. The highest BCUT2D eigenvalue weighted by molar-refractivity contribution is 7.14. The molecule has 0 spiro atoms. The van der Waals surface area contributed by atoms with Gasteiger partial charge in [-0.3, -0.25) is 0 Å². The first-order valence-corrected chi connectivity index (χ1v) is 11.7. The number of carbonyl (C=O) groups excluding carboxylic acids is 1. The predicted octanol–water partition coefficient (Wildman–Crippen LogP) is 4.65. The summed E-state index contributed by atoms with van der Waals surface area (Å²) in [5.41, 5.74) is 1.57. The Hall–Kier alpha value is -3.53. The van der Waals surface area contributed by atoms with Crippen LogP contribution in [0.25, 0.3) is 10.6 Å². The molecule has 0 aliphatic carbocycles. The van der Waals surface area contributed by atoms with Crippen LogP contribution in [-0.2, 0) is 0 Å². The van der Waals surface area contributed by atoms with Gasteiger partial charge in [0.1, 0.15) is 15.8 Å². The zero-order chi connectivity index (χ0) is 24.1. The van der Waals surface area contributed by atoms with Gasteiger partial charge in [0, 0.05) is 36.7 Å². The van der Waals surface area contributed by atoms with Gasteiger partial charge in [0.05, 0.1) is 34.1 Å². The second kappa shape index (κ2) is 10.6. The largest absolute Gasteiger partial charge is 0.497 e. The van der Waals surface area contributed by atoms with Crippen molar-refractivity contribution in [3.8, 4) is 33.6 Å². The molecule has 34 heavy (non-hydrogen) atoms. The van der Waals surface area contributed by atoms with Crippen LogP contribution < -0.4 is 24.3 Å². The number of likely N-dealkylation sites (tertiary alicyclic amines) is 1. The summed E-state index contributed by atoms with van der Waals surface area (Å²) >= 11 is 1.57. The van der Waals surface area contributed by atoms with Crippen LogP contribution in [0.3, 0.4) is 0 Å². The number of carbonyl (C=O) groups is 1. The summed E-state index contributed by atoms with van der Waals surface area (Å²) in [5, 5.41) is 13.6. The lowest BCUT2D eigenvalue weighted by atomic mass is 9.99. The second-order valence-corrected chi connectivity index (χ2v) is 8.81. The molecule has 1 aliphatic heterocycles. The van der Waals surface area contributed by atoms with Gasteiger partial charge < -0.3 is 29.2 Å². The number of hydrogen-bond acceptors (Lipinski definition) is 8. The molecule has 2 aromatic carbocycles. The number of piperidine rings is 1. The maximum absolute atomic E-state index is 13.0. The fourth-order valence-corrected chi connectivity index (χ4v) is 4.94. The number of hydrogen-bond donors (Lipinski definition) is 1. The third-order valence-electron chi connectivity index (χ3n) is 5.75. The number of nitrogens with zero attached hydrogens (tertiary/aromatic N) is 3. The van der Waals surface area contributed by atoms with Crippen LogP contribution in [0.1, 0.15) is 23.8 Å². The van der Waals surface area contributed by atoms with Crippen molar-refractivity contribution in [1.82, 2.24) is 15.1 Å². The van der Waals surface area contributed by atoms with Gasteiger partial charge in [-0.1, -0.05) is 11.3 Å². The minimum atomic E-state index is -0.182. The molecule has 0 radical (unpaired) electrons. The Morgan fingerprint density at radius 1 is 1.00 bits per heavy atom.